The van der Waals surface area contributed by atoms with Gasteiger partial charge in [-0.15, -0.1) is 0 Å². The van der Waals surface area contributed by atoms with E-state index in [2.05, 4.69) is 5.32 Å². The van der Waals surface area contributed by atoms with Gasteiger partial charge >= 0.3 is 0 Å². The Morgan fingerprint density at radius 1 is 1.24 bits per heavy atom. The number of nitrogens with zero attached hydrogens (tertiary/aromatic N) is 1. The van der Waals surface area contributed by atoms with Gasteiger partial charge in [-0.3, -0.25) is 14.4 Å². The molecule has 3 amide bonds. The molecule has 0 aliphatic carbocycles. The van der Waals surface area contributed by atoms with Gasteiger partial charge in [-0.2, -0.15) is 0 Å². The van der Waals surface area contributed by atoms with Gasteiger partial charge in [0.15, 0.2) is 0 Å². The third-order valence-electron chi connectivity index (χ3n) is 4.44. The lowest BCUT2D eigenvalue weighted by atomic mass is 10.0. The first-order chi connectivity index (χ1) is 11.9. The summed E-state index contributed by atoms with van der Waals surface area (Å²) in [5.41, 5.74) is 6.32. The van der Waals surface area contributed by atoms with Crippen LogP contribution in [0.25, 0.3) is 0 Å². The zero-order valence-electron chi connectivity index (χ0n) is 14.9. The fourth-order valence-electron chi connectivity index (χ4n) is 3.20. The summed E-state index contributed by atoms with van der Waals surface area (Å²) in [7, 11) is 0. The smallest absolute Gasteiger partial charge is 0.243 e. The largest absolute Gasteiger partial charge is 0.368 e. The van der Waals surface area contributed by atoms with Crippen molar-refractivity contribution in [2.75, 3.05) is 6.54 Å². The maximum atomic E-state index is 12.6. The fourth-order valence-corrected chi connectivity index (χ4v) is 3.20. The van der Waals surface area contributed by atoms with Crippen molar-refractivity contribution in [3.8, 4) is 0 Å². The van der Waals surface area contributed by atoms with Crippen molar-refractivity contribution in [1.82, 2.24) is 10.2 Å². The monoisotopic (exact) mass is 345 g/mol. The average Bonchev–Trinajstić information content (AvgIpc) is 3.04. The second-order valence-corrected chi connectivity index (χ2v) is 7.00. The van der Waals surface area contributed by atoms with Crippen molar-refractivity contribution in [1.29, 1.82) is 0 Å². The molecule has 0 spiro atoms. The van der Waals surface area contributed by atoms with Crippen LogP contribution in [0.1, 0.15) is 38.7 Å². The molecule has 1 heterocycles. The van der Waals surface area contributed by atoms with Crippen molar-refractivity contribution in [2.45, 2.75) is 51.6 Å². The van der Waals surface area contributed by atoms with Crippen molar-refractivity contribution in [3.63, 3.8) is 0 Å². The molecule has 1 aromatic rings. The molecule has 1 fully saturated rings. The second-order valence-electron chi connectivity index (χ2n) is 7.00. The van der Waals surface area contributed by atoms with Gasteiger partial charge in [-0.05, 0) is 30.7 Å². The van der Waals surface area contributed by atoms with Gasteiger partial charge in [0.1, 0.15) is 12.1 Å². The van der Waals surface area contributed by atoms with Crippen LogP contribution in [0.5, 0.6) is 0 Å². The van der Waals surface area contributed by atoms with Crippen LogP contribution in [0.15, 0.2) is 30.3 Å². The Kier molecular flexibility index (Phi) is 6.56. The topological polar surface area (TPSA) is 92.5 Å². The first-order valence-corrected chi connectivity index (χ1v) is 8.81. The van der Waals surface area contributed by atoms with Gasteiger partial charge in [0.05, 0.1) is 6.42 Å². The average molecular weight is 345 g/mol. The first-order valence-electron chi connectivity index (χ1n) is 8.81. The molecule has 1 aliphatic rings. The van der Waals surface area contributed by atoms with Crippen LogP contribution in [-0.4, -0.2) is 41.2 Å². The highest BCUT2D eigenvalue weighted by Gasteiger charge is 2.35. The quantitative estimate of drug-likeness (QED) is 0.778. The molecule has 3 N–H and O–H groups in total. The number of carbonyl (C=O) groups excluding carboxylic acids is 3. The Labute approximate surface area is 148 Å². The molecule has 0 unspecified atom stereocenters. The van der Waals surface area contributed by atoms with Gasteiger partial charge < -0.3 is 16.0 Å². The van der Waals surface area contributed by atoms with Crippen molar-refractivity contribution < 1.29 is 14.4 Å². The van der Waals surface area contributed by atoms with Gasteiger partial charge in [0.25, 0.3) is 0 Å². The SMILES string of the molecule is CC(C)C[C@@H](NC(=O)[C@@H]1CCCN1C(=O)Cc1ccccc1)C(N)=O. The summed E-state index contributed by atoms with van der Waals surface area (Å²) in [6, 6.07) is 8.26. The van der Waals surface area contributed by atoms with E-state index in [4.69, 9.17) is 5.73 Å². The number of amides is 3. The second kappa shape index (κ2) is 8.65. The first kappa shape index (κ1) is 19.0. The lowest BCUT2D eigenvalue weighted by molar-refractivity contribution is -0.139. The van der Waals surface area contributed by atoms with E-state index in [9.17, 15) is 14.4 Å². The highest BCUT2D eigenvalue weighted by molar-refractivity contribution is 5.92. The summed E-state index contributed by atoms with van der Waals surface area (Å²) in [4.78, 5) is 38.4. The number of hydrogen-bond donors (Lipinski definition) is 2. The lowest BCUT2D eigenvalue weighted by Crippen LogP contribution is -2.52. The third kappa shape index (κ3) is 5.31. The minimum Gasteiger partial charge on any atom is -0.368 e. The maximum absolute atomic E-state index is 12.6. The van der Waals surface area contributed by atoms with Gasteiger partial charge in [-0.25, -0.2) is 0 Å². The molecule has 0 aromatic heterocycles. The number of primary amides is 1. The summed E-state index contributed by atoms with van der Waals surface area (Å²) >= 11 is 0. The molecule has 0 radical (unpaired) electrons. The molecular formula is C19H27N3O3. The molecule has 6 heteroatoms. The Morgan fingerprint density at radius 3 is 2.52 bits per heavy atom. The number of nitrogens with two attached hydrogens (primary N) is 1. The number of rotatable bonds is 7. The molecule has 1 aromatic carbocycles. The molecule has 0 bridgehead atoms. The summed E-state index contributed by atoms with van der Waals surface area (Å²) in [5, 5.41) is 2.73. The van der Waals surface area contributed by atoms with E-state index in [0.29, 0.717) is 19.4 Å². The molecular weight excluding hydrogens is 318 g/mol. The van der Waals surface area contributed by atoms with Crippen molar-refractivity contribution in [3.05, 3.63) is 35.9 Å². The predicted molar refractivity (Wildman–Crippen MR) is 95.5 cm³/mol. The molecule has 2 atom stereocenters. The van der Waals surface area contributed by atoms with Crippen LogP contribution in [-0.2, 0) is 20.8 Å². The lowest BCUT2D eigenvalue weighted by Gasteiger charge is -2.26. The number of carbonyl (C=O) groups is 3. The van der Waals surface area contributed by atoms with Gasteiger partial charge in [0.2, 0.25) is 17.7 Å². The predicted octanol–water partition coefficient (Wildman–Crippen LogP) is 1.24. The van der Waals surface area contributed by atoms with E-state index in [0.717, 1.165) is 12.0 Å². The van der Waals surface area contributed by atoms with Crippen LogP contribution in [0, 0.1) is 5.92 Å². The number of likely N-dealkylation sites (tertiary alicyclic amines) is 1. The highest BCUT2D eigenvalue weighted by atomic mass is 16.2. The zero-order chi connectivity index (χ0) is 18.4. The summed E-state index contributed by atoms with van der Waals surface area (Å²) in [5.74, 6) is -0.661. The van der Waals surface area contributed by atoms with E-state index in [1.54, 1.807) is 4.90 Å². The number of benzene rings is 1. The Hall–Kier alpha value is -2.37. The van der Waals surface area contributed by atoms with Crippen molar-refractivity contribution in [2.24, 2.45) is 11.7 Å². The van der Waals surface area contributed by atoms with E-state index < -0.39 is 18.0 Å². The summed E-state index contributed by atoms with van der Waals surface area (Å²) in [6.45, 7) is 4.50. The molecule has 6 nitrogen and oxygen atoms in total. The minimum absolute atomic E-state index is 0.0664. The fraction of sp³-hybridized carbons (Fsp3) is 0.526. The normalized spacial score (nSPS) is 18.2. The third-order valence-corrected chi connectivity index (χ3v) is 4.44. The van der Waals surface area contributed by atoms with E-state index in [1.165, 1.54) is 0 Å². The molecule has 1 aliphatic heterocycles. The van der Waals surface area contributed by atoms with Gasteiger partial charge in [0, 0.05) is 6.54 Å². The van der Waals surface area contributed by atoms with E-state index >= 15 is 0 Å². The standard InChI is InChI=1S/C19H27N3O3/c1-13(2)11-15(18(20)24)21-19(25)16-9-6-10-22(16)17(23)12-14-7-4-3-5-8-14/h3-5,7-8,13,15-16H,6,9-12H2,1-2H3,(H2,20,24)(H,21,25)/t15-,16+/m1/s1. The molecule has 25 heavy (non-hydrogen) atoms. The Balaban J connectivity index is 2.00. The Morgan fingerprint density at radius 2 is 1.92 bits per heavy atom. The Bertz CT molecular complexity index is 616. The molecule has 136 valence electrons. The summed E-state index contributed by atoms with van der Waals surface area (Å²) in [6.07, 6.45) is 2.16. The highest BCUT2D eigenvalue weighted by Crippen LogP contribution is 2.19. The van der Waals surface area contributed by atoms with Crippen LogP contribution >= 0.6 is 0 Å². The summed E-state index contributed by atoms with van der Waals surface area (Å²) < 4.78 is 0. The van der Waals surface area contributed by atoms with Crippen LogP contribution in [0.2, 0.25) is 0 Å². The minimum atomic E-state index is -0.695. The van der Waals surface area contributed by atoms with Crippen LogP contribution in [0.4, 0.5) is 0 Å². The van der Waals surface area contributed by atoms with Crippen LogP contribution < -0.4 is 11.1 Å². The van der Waals surface area contributed by atoms with Crippen molar-refractivity contribution >= 4 is 17.7 Å². The van der Waals surface area contributed by atoms with Gasteiger partial charge in [-0.1, -0.05) is 44.2 Å². The zero-order valence-corrected chi connectivity index (χ0v) is 14.9. The van der Waals surface area contributed by atoms with E-state index in [1.807, 2.05) is 44.2 Å². The molecule has 1 saturated heterocycles. The van der Waals surface area contributed by atoms with Crippen LogP contribution in [0.3, 0.4) is 0 Å². The maximum Gasteiger partial charge on any atom is 0.243 e. The van der Waals surface area contributed by atoms with E-state index in [-0.39, 0.29) is 24.2 Å². The molecule has 0 saturated carbocycles. The number of nitrogens with one attached hydrogen (secondary N) is 1. The number of hydrogen-bond acceptors (Lipinski definition) is 3. The molecule has 2 rings (SSSR count).